The van der Waals surface area contributed by atoms with E-state index in [-0.39, 0.29) is 10.8 Å². The number of ether oxygens (including phenoxy) is 1. The van der Waals surface area contributed by atoms with Crippen LogP contribution in [0.5, 0.6) is 5.88 Å². The molecule has 0 bridgehead atoms. The zero-order valence-corrected chi connectivity index (χ0v) is 15.2. The van der Waals surface area contributed by atoms with Gasteiger partial charge in [-0.1, -0.05) is 18.2 Å². The van der Waals surface area contributed by atoms with E-state index in [1.807, 2.05) is 0 Å². The smallest absolute Gasteiger partial charge is 0.261 e. The van der Waals surface area contributed by atoms with E-state index < -0.39 is 10.0 Å². The fraction of sp³-hybridized carbons (Fsp3) is 0.0526. The third kappa shape index (κ3) is 4.62. The molecule has 1 aromatic heterocycles. The van der Waals surface area contributed by atoms with E-state index >= 15 is 0 Å². The molecule has 27 heavy (non-hydrogen) atoms. The number of aromatic nitrogens is 1. The highest BCUT2D eigenvalue weighted by atomic mass is 32.2. The third-order valence-corrected chi connectivity index (χ3v) is 5.05. The fourth-order valence-electron chi connectivity index (χ4n) is 2.28. The molecule has 1 heterocycles. The highest BCUT2D eigenvalue weighted by Gasteiger charge is 2.15. The first-order valence-electron chi connectivity index (χ1n) is 7.97. The summed E-state index contributed by atoms with van der Waals surface area (Å²) in [6, 6.07) is 17.5. The predicted molar refractivity (Wildman–Crippen MR) is 102 cm³/mol. The van der Waals surface area contributed by atoms with Gasteiger partial charge in [0.25, 0.3) is 15.9 Å². The second-order valence-electron chi connectivity index (χ2n) is 5.54. The van der Waals surface area contributed by atoms with Crippen LogP contribution >= 0.6 is 0 Å². The molecule has 0 spiro atoms. The summed E-state index contributed by atoms with van der Waals surface area (Å²) in [6.07, 6.45) is 1.47. The van der Waals surface area contributed by atoms with Gasteiger partial charge in [-0.05, 0) is 42.5 Å². The van der Waals surface area contributed by atoms with Crippen molar-refractivity contribution in [1.29, 1.82) is 0 Å². The van der Waals surface area contributed by atoms with Crippen molar-refractivity contribution >= 4 is 27.3 Å². The summed E-state index contributed by atoms with van der Waals surface area (Å²) < 4.78 is 32.2. The molecule has 138 valence electrons. The van der Waals surface area contributed by atoms with Gasteiger partial charge in [0.05, 0.1) is 23.9 Å². The van der Waals surface area contributed by atoms with Crippen molar-refractivity contribution in [1.82, 2.24) is 4.98 Å². The number of methoxy groups -OCH3 is 1. The number of carbonyl (C=O) groups excluding carboxylic acids is 1. The maximum Gasteiger partial charge on any atom is 0.261 e. The molecule has 0 saturated carbocycles. The predicted octanol–water partition coefficient (Wildman–Crippen LogP) is 3.14. The first-order valence-corrected chi connectivity index (χ1v) is 9.45. The number of pyridine rings is 1. The van der Waals surface area contributed by atoms with Crippen LogP contribution < -0.4 is 14.8 Å². The summed E-state index contributed by atoms with van der Waals surface area (Å²) in [6.45, 7) is 0. The van der Waals surface area contributed by atoms with Crippen molar-refractivity contribution in [2.24, 2.45) is 0 Å². The molecule has 0 saturated heterocycles. The lowest BCUT2D eigenvalue weighted by Crippen LogP contribution is -2.14. The molecule has 0 unspecified atom stereocenters. The van der Waals surface area contributed by atoms with Gasteiger partial charge in [0.15, 0.2) is 0 Å². The van der Waals surface area contributed by atoms with Crippen LogP contribution in [-0.4, -0.2) is 26.4 Å². The van der Waals surface area contributed by atoms with Crippen LogP contribution in [0.2, 0.25) is 0 Å². The fourth-order valence-corrected chi connectivity index (χ4v) is 3.34. The van der Waals surface area contributed by atoms with Crippen molar-refractivity contribution in [3.05, 3.63) is 78.5 Å². The minimum atomic E-state index is -3.73. The van der Waals surface area contributed by atoms with E-state index in [0.717, 1.165) is 0 Å². The SMILES string of the molecule is COc1ccc(NC(=O)c2ccc(S(=O)(=O)Nc3ccccc3)cc2)cn1. The van der Waals surface area contributed by atoms with Gasteiger partial charge in [0, 0.05) is 17.3 Å². The van der Waals surface area contributed by atoms with E-state index in [1.54, 1.807) is 42.5 Å². The highest BCUT2D eigenvalue weighted by Crippen LogP contribution is 2.17. The van der Waals surface area contributed by atoms with Crippen LogP contribution in [0.4, 0.5) is 11.4 Å². The summed E-state index contributed by atoms with van der Waals surface area (Å²) in [4.78, 5) is 16.4. The van der Waals surface area contributed by atoms with Gasteiger partial charge in [-0.15, -0.1) is 0 Å². The Morgan fingerprint density at radius 1 is 0.926 bits per heavy atom. The van der Waals surface area contributed by atoms with Crippen molar-refractivity contribution < 1.29 is 17.9 Å². The monoisotopic (exact) mass is 383 g/mol. The van der Waals surface area contributed by atoms with E-state index in [4.69, 9.17) is 4.74 Å². The molecule has 0 aliphatic carbocycles. The summed E-state index contributed by atoms with van der Waals surface area (Å²) in [7, 11) is -2.23. The number of nitrogens with zero attached hydrogens (tertiary/aromatic N) is 1. The Morgan fingerprint density at radius 2 is 1.63 bits per heavy atom. The molecule has 2 aromatic carbocycles. The number of benzene rings is 2. The molecule has 3 rings (SSSR count). The number of amides is 1. The Hall–Kier alpha value is -3.39. The van der Waals surface area contributed by atoms with Crippen molar-refractivity contribution in [3.63, 3.8) is 0 Å². The molecule has 3 aromatic rings. The summed E-state index contributed by atoms with van der Waals surface area (Å²) in [5.74, 6) is 0.0652. The van der Waals surface area contributed by atoms with Crippen LogP contribution in [0, 0.1) is 0 Å². The number of hydrogen-bond donors (Lipinski definition) is 2. The lowest BCUT2D eigenvalue weighted by atomic mass is 10.2. The van der Waals surface area contributed by atoms with Gasteiger partial charge in [-0.2, -0.15) is 0 Å². The quantitative estimate of drug-likeness (QED) is 0.681. The van der Waals surface area contributed by atoms with Crippen LogP contribution in [0.1, 0.15) is 10.4 Å². The average Bonchev–Trinajstić information content (AvgIpc) is 2.69. The number of carbonyl (C=O) groups is 1. The Bertz CT molecular complexity index is 1020. The van der Waals surface area contributed by atoms with Crippen molar-refractivity contribution in [3.8, 4) is 5.88 Å². The Balaban J connectivity index is 1.71. The number of rotatable bonds is 6. The van der Waals surface area contributed by atoms with Gasteiger partial charge in [0.1, 0.15) is 0 Å². The lowest BCUT2D eigenvalue weighted by Gasteiger charge is -2.09. The second kappa shape index (κ2) is 7.88. The Kier molecular flexibility index (Phi) is 5.37. The minimum Gasteiger partial charge on any atom is -0.481 e. The number of sulfonamides is 1. The minimum absolute atomic E-state index is 0.0639. The average molecular weight is 383 g/mol. The van der Waals surface area contributed by atoms with Gasteiger partial charge in [-0.3, -0.25) is 9.52 Å². The molecule has 0 aliphatic heterocycles. The van der Waals surface area contributed by atoms with Gasteiger partial charge >= 0.3 is 0 Å². The molecule has 0 aliphatic rings. The maximum atomic E-state index is 12.4. The lowest BCUT2D eigenvalue weighted by molar-refractivity contribution is 0.102. The molecular weight excluding hydrogens is 366 g/mol. The molecule has 0 fully saturated rings. The molecular formula is C19H17N3O4S. The van der Waals surface area contributed by atoms with Gasteiger partial charge < -0.3 is 10.1 Å². The largest absolute Gasteiger partial charge is 0.481 e. The summed E-state index contributed by atoms with van der Waals surface area (Å²) in [5.41, 5.74) is 1.29. The first-order chi connectivity index (χ1) is 13.0. The van der Waals surface area contributed by atoms with E-state index in [1.165, 1.54) is 37.6 Å². The molecule has 0 radical (unpaired) electrons. The van der Waals surface area contributed by atoms with Gasteiger partial charge in [0.2, 0.25) is 5.88 Å². The standard InChI is InChI=1S/C19H17N3O4S/c1-26-18-12-9-16(13-20-18)21-19(23)14-7-10-17(11-8-14)27(24,25)22-15-5-3-2-4-6-15/h2-13,22H,1H3,(H,21,23). The molecule has 1 amide bonds. The topological polar surface area (TPSA) is 97.4 Å². The zero-order valence-electron chi connectivity index (χ0n) is 14.4. The normalized spacial score (nSPS) is 10.9. The van der Waals surface area contributed by atoms with E-state index in [2.05, 4.69) is 15.0 Å². The van der Waals surface area contributed by atoms with Crippen LogP contribution in [0.3, 0.4) is 0 Å². The first kappa shape index (κ1) is 18.4. The van der Waals surface area contributed by atoms with Crippen LogP contribution in [0.15, 0.2) is 77.8 Å². The second-order valence-corrected chi connectivity index (χ2v) is 7.22. The summed E-state index contributed by atoms with van der Waals surface area (Å²) >= 11 is 0. The van der Waals surface area contributed by atoms with Gasteiger partial charge in [-0.25, -0.2) is 13.4 Å². The Labute approximate surface area is 157 Å². The third-order valence-electron chi connectivity index (χ3n) is 3.66. The summed E-state index contributed by atoms with van der Waals surface area (Å²) in [5, 5.41) is 2.69. The van der Waals surface area contributed by atoms with Crippen molar-refractivity contribution in [2.75, 3.05) is 17.1 Å². The number of para-hydroxylation sites is 1. The highest BCUT2D eigenvalue weighted by molar-refractivity contribution is 7.92. The number of nitrogens with one attached hydrogen (secondary N) is 2. The molecule has 2 N–H and O–H groups in total. The number of hydrogen-bond acceptors (Lipinski definition) is 5. The number of anilines is 2. The van der Waals surface area contributed by atoms with Crippen LogP contribution in [-0.2, 0) is 10.0 Å². The van der Waals surface area contributed by atoms with E-state index in [9.17, 15) is 13.2 Å². The van der Waals surface area contributed by atoms with Crippen molar-refractivity contribution in [2.45, 2.75) is 4.90 Å². The van der Waals surface area contributed by atoms with Crippen LogP contribution in [0.25, 0.3) is 0 Å². The molecule has 0 atom stereocenters. The van der Waals surface area contributed by atoms with E-state index in [0.29, 0.717) is 22.8 Å². The Morgan fingerprint density at radius 3 is 2.22 bits per heavy atom. The molecule has 8 heteroatoms. The zero-order chi connectivity index (χ0) is 19.3. The molecule has 7 nitrogen and oxygen atoms in total. The maximum absolute atomic E-state index is 12.4.